The van der Waals surface area contributed by atoms with Gasteiger partial charge in [-0.25, -0.2) is 4.79 Å². The molecule has 0 aliphatic carbocycles. The summed E-state index contributed by atoms with van der Waals surface area (Å²) in [5.41, 5.74) is 0.218. The molecule has 0 fully saturated rings. The van der Waals surface area contributed by atoms with E-state index in [0.717, 1.165) is 0 Å². The average Bonchev–Trinajstić information content (AvgIpc) is 2.25. The highest BCUT2D eigenvalue weighted by Gasteiger charge is 2.34. The molecule has 0 aliphatic heterocycles. The molecule has 0 saturated heterocycles. The minimum Gasteiger partial charge on any atom is -0.478 e. The number of nitrogens with one attached hydrogen (secondary N) is 1. The first-order valence-electron chi connectivity index (χ1n) is 4.58. The number of carbonyl (C=O) groups is 2. The van der Waals surface area contributed by atoms with Crippen LogP contribution in [0.3, 0.4) is 0 Å². The van der Waals surface area contributed by atoms with Crippen molar-refractivity contribution >= 4 is 46.1 Å². The molecule has 1 amide bonds. The van der Waals surface area contributed by atoms with Crippen LogP contribution in [0.1, 0.15) is 15.9 Å². The highest BCUT2D eigenvalue weighted by molar-refractivity contribution is 14.1. The molecular formula is C10H7ClF2INO3. The van der Waals surface area contributed by atoms with Gasteiger partial charge in [-0.3, -0.25) is 4.79 Å². The number of alkyl halides is 3. The molecule has 0 heterocycles. The summed E-state index contributed by atoms with van der Waals surface area (Å²) in [5.74, 6) is -2.66. The van der Waals surface area contributed by atoms with Crippen LogP contribution in [0.4, 0.5) is 8.78 Å². The lowest BCUT2D eigenvalue weighted by molar-refractivity contribution is -0.133. The topological polar surface area (TPSA) is 66.4 Å². The van der Waals surface area contributed by atoms with Crippen LogP contribution in [-0.2, 0) is 11.3 Å². The number of amides is 1. The summed E-state index contributed by atoms with van der Waals surface area (Å²) in [6, 6.07) is 3.99. The van der Waals surface area contributed by atoms with Crippen molar-refractivity contribution in [3.63, 3.8) is 0 Å². The van der Waals surface area contributed by atoms with Crippen LogP contribution in [0, 0.1) is 0 Å². The smallest absolute Gasteiger partial charge is 0.372 e. The van der Waals surface area contributed by atoms with E-state index in [1.807, 2.05) is 5.32 Å². The molecular weight excluding hydrogens is 382 g/mol. The van der Waals surface area contributed by atoms with Crippen LogP contribution in [0.25, 0.3) is 0 Å². The molecule has 0 spiro atoms. The summed E-state index contributed by atoms with van der Waals surface area (Å²) in [6.45, 7) is -0.200. The normalized spacial score (nSPS) is 11.1. The third kappa shape index (κ3) is 4.05. The van der Waals surface area contributed by atoms with Gasteiger partial charge in [0.1, 0.15) is 0 Å². The van der Waals surface area contributed by atoms with E-state index >= 15 is 0 Å². The highest BCUT2D eigenvalue weighted by Crippen LogP contribution is 2.22. The van der Waals surface area contributed by atoms with E-state index in [2.05, 4.69) is 0 Å². The Bertz CT molecular complexity index is 491. The molecule has 8 heteroatoms. The second-order valence-corrected chi connectivity index (χ2v) is 5.06. The number of hydrogen-bond donors (Lipinski definition) is 2. The van der Waals surface area contributed by atoms with Crippen molar-refractivity contribution in [1.29, 1.82) is 0 Å². The van der Waals surface area contributed by atoms with Crippen LogP contribution in [0.5, 0.6) is 0 Å². The van der Waals surface area contributed by atoms with Gasteiger partial charge in [-0.05, 0) is 17.7 Å². The maximum atomic E-state index is 12.5. The van der Waals surface area contributed by atoms with Gasteiger partial charge in [-0.15, -0.1) is 0 Å². The van der Waals surface area contributed by atoms with Crippen molar-refractivity contribution in [2.45, 2.75) is 10.5 Å². The van der Waals surface area contributed by atoms with Gasteiger partial charge in [0, 0.05) is 29.1 Å². The predicted molar refractivity (Wildman–Crippen MR) is 69.2 cm³/mol. The number of benzene rings is 1. The van der Waals surface area contributed by atoms with Crippen molar-refractivity contribution in [2.75, 3.05) is 0 Å². The van der Waals surface area contributed by atoms with Crippen LogP contribution < -0.4 is 5.32 Å². The number of halogens is 4. The zero-order valence-corrected chi connectivity index (χ0v) is 11.6. The van der Waals surface area contributed by atoms with Crippen LogP contribution in [0.2, 0.25) is 5.02 Å². The average molecular weight is 390 g/mol. The zero-order valence-electron chi connectivity index (χ0n) is 8.71. The summed E-state index contributed by atoms with van der Waals surface area (Å²) in [4.78, 5) is 21.7. The number of carboxylic acids is 1. The number of carboxylic acid groups (broad SMARTS) is 1. The second kappa shape index (κ2) is 5.79. The number of hydrogen-bond acceptors (Lipinski definition) is 2. The van der Waals surface area contributed by atoms with Gasteiger partial charge >= 0.3 is 15.8 Å². The molecule has 0 atom stereocenters. The summed E-state index contributed by atoms with van der Waals surface area (Å²) >= 11 is 6.34. The fourth-order valence-electron chi connectivity index (χ4n) is 1.13. The Morgan fingerprint density at radius 2 is 2.06 bits per heavy atom. The summed E-state index contributed by atoms with van der Waals surface area (Å²) < 4.78 is 21.6. The standard InChI is InChI=1S/C10H7ClF2INO3/c11-7-2-1-5(3-6(7)8(16)17)4-15-9(18)10(12,13)14/h1-3H,4H2,(H,15,18)(H,16,17). The van der Waals surface area contributed by atoms with Gasteiger partial charge in [0.05, 0.1) is 10.6 Å². The third-order valence-corrected chi connectivity index (χ3v) is 2.79. The first kappa shape index (κ1) is 15.1. The van der Waals surface area contributed by atoms with E-state index in [9.17, 15) is 18.4 Å². The molecule has 0 saturated carbocycles. The molecule has 0 aliphatic rings. The van der Waals surface area contributed by atoms with Gasteiger partial charge in [-0.1, -0.05) is 17.7 Å². The Kier molecular flexibility index (Phi) is 4.85. The van der Waals surface area contributed by atoms with E-state index in [1.165, 1.54) is 18.2 Å². The van der Waals surface area contributed by atoms with Crippen molar-refractivity contribution < 1.29 is 23.5 Å². The lowest BCUT2D eigenvalue weighted by atomic mass is 10.1. The lowest BCUT2D eigenvalue weighted by Crippen LogP contribution is -2.35. The molecule has 2 N–H and O–H groups in total. The summed E-state index contributed by atoms with van der Waals surface area (Å²) in [5, 5.41) is 10.8. The van der Waals surface area contributed by atoms with Crippen LogP contribution >= 0.6 is 34.2 Å². The van der Waals surface area contributed by atoms with Crippen molar-refractivity contribution in [3.05, 3.63) is 34.3 Å². The Hall–Kier alpha value is -0.960. The minimum absolute atomic E-state index is 0.0387. The van der Waals surface area contributed by atoms with Gasteiger partial charge in [-0.2, -0.15) is 8.78 Å². The van der Waals surface area contributed by atoms with E-state index in [1.54, 1.807) is 0 Å². The molecule has 4 nitrogen and oxygen atoms in total. The van der Waals surface area contributed by atoms with E-state index in [0.29, 0.717) is 28.2 Å². The second-order valence-electron chi connectivity index (χ2n) is 3.30. The van der Waals surface area contributed by atoms with Gasteiger partial charge in [0.15, 0.2) is 0 Å². The Labute approximate surface area is 119 Å². The number of carbonyl (C=O) groups excluding carboxylic acids is 1. The van der Waals surface area contributed by atoms with Gasteiger partial charge < -0.3 is 10.4 Å². The maximum Gasteiger partial charge on any atom is 0.372 e. The fourth-order valence-corrected chi connectivity index (χ4v) is 1.52. The van der Waals surface area contributed by atoms with Crippen LogP contribution in [-0.4, -0.2) is 20.9 Å². The summed E-state index contributed by atoms with van der Waals surface area (Å²) in [7, 11) is 0. The molecule has 0 aromatic heterocycles. The van der Waals surface area contributed by atoms with Crippen LogP contribution in [0.15, 0.2) is 18.2 Å². The molecule has 0 unspecified atom stereocenters. The monoisotopic (exact) mass is 389 g/mol. The molecule has 1 rings (SSSR count). The first-order valence-corrected chi connectivity index (χ1v) is 6.04. The van der Waals surface area contributed by atoms with Crippen molar-refractivity contribution in [1.82, 2.24) is 5.32 Å². The SMILES string of the molecule is O=C(O)c1cc(CNC(=O)C(F)(F)I)ccc1Cl. The maximum absolute atomic E-state index is 12.5. The van der Waals surface area contributed by atoms with Crippen molar-refractivity contribution in [2.24, 2.45) is 0 Å². The largest absolute Gasteiger partial charge is 0.478 e. The molecule has 1 aromatic rings. The van der Waals surface area contributed by atoms with E-state index < -0.39 is 15.8 Å². The Balaban J connectivity index is 2.78. The predicted octanol–water partition coefficient (Wildman–Crippen LogP) is 2.68. The highest BCUT2D eigenvalue weighted by atomic mass is 127. The Morgan fingerprint density at radius 1 is 1.44 bits per heavy atom. The first-order chi connectivity index (χ1) is 8.21. The fraction of sp³-hybridized carbons (Fsp3) is 0.200. The lowest BCUT2D eigenvalue weighted by Gasteiger charge is -2.10. The molecule has 18 heavy (non-hydrogen) atoms. The van der Waals surface area contributed by atoms with Gasteiger partial charge in [0.2, 0.25) is 0 Å². The van der Waals surface area contributed by atoms with Gasteiger partial charge in [0.25, 0.3) is 0 Å². The third-order valence-electron chi connectivity index (χ3n) is 1.97. The molecule has 0 bridgehead atoms. The van der Waals surface area contributed by atoms with Crippen molar-refractivity contribution in [3.8, 4) is 0 Å². The molecule has 0 radical (unpaired) electrons. The number of rotatable bonds is 4. The zero-order chi connectivity index (χ0) is 13.9. The Morgan fingerprint density at radius 3 is 2.56 bits per heavy atom. The molecule has 1 aromatic carbocycles. The quantitative estimate of drug-likeness (QED) is 0.615. The number of aromatic carboxylic acids is 1. The minimum atomic E-state index is -3.50. The van der Waals surface area contributed by atoms with E-state index in [4.69, 9.17) is 16.7 Å². The van der Waals surface area contributed by atoms with E-state index in [-0.39, 0.29) is 17.1 Å². The summed E-state index contributed by atoms with van der Waals surface area (Å²) in [6.07, 6.45) is 0. The molecule has 98 valence electrons.